The maximum absolute atomic E-state index is 12.2. The van der Waals surface area contributed by atoms with E-state index in [-0.39, 0.29) is 23.5 Å². The lowest BCUT2D eigenvalue weighted by atomic mass is 9.99. The summed E-state index contributed by atoms with van der Waals surface area (Å²) in [6.45, 7) is 3.49. The summed E-state index contributed by atoms with van der Waals surface area (Å²) in [4.78, 5) is 30.8. The standard InChI is InChI=1S/C18H20N2O4S/c1-2-24-17(23)13-4-3-9-20(11-13)18-19-16(22)15(25-18)10-12-5-7-14(21)8-6-12/h5-8,10,13,21H,2-4,9,11H2,1H3/b15-10+/t13-/m1/s1. The van der Waals surface area contributed by atoms with Gasteiger partial charge in [-0.3, -0.25) is 9.59 Å². The Morgan fingerprint density at radius 3 is 2.92 bits per heavy atom. The van der Waals surface area contributed by atoms with Gasteiger partial charge in [-0.25, -0.2) is 0 Å². The number of rotatable bonds is 3. The van der Waals surface area contributed by atoms with Crippen LogP contribution in [0.4, 0.5) is 0 Å². The summed E-state index contributed by atoms with van der Waals surface area (Å²) >= 11 is 1.32. The number of phenolic OH excluding ortho intramolecular Hbond substituents is 1. The van der Waals surface area contributed by atoms with Gasteiger partial charge in [0.15, 0.2) is 5.17 Å². The molecule has 132 valence electrons. The Labute approximate surface area is 150 Å². The highest BCUT2D eigenvalue weighted by atomic mass is 32.2. The quantitative estimate of drug-likeness (QED) is 0.659. The molecular weight excluding hydrogens is 340 g/mol. The minimum absolute atomic E-state index is 0.169. The molecule has 1 saturated heterocycles. The van der Waals surface area contributed by atoms with Crippen molar-refractivity contribution in [2.24, 2.45) is 10.9 Å². The highest BCUT2D eigenvalue weighted by Crippen LogP contribution is 2.32. The molecule has 2 aliphatic rings. The molecular formula is C18H20N2O4S. The van der Waals surface area contributed by atoms with E-state index < -0.39 is 0 Å². The third kappa shape index (κ3) is 4.22. The van der Waals surface area contributed by atoms with Crippen molar-refractivity contribution in [2.75, 3.05) is 19.7 Å². The fourth-order valence-corrected chi connectivity index (χ4v) is 3.81. The number of phenols is 1. The van der Waals surface area contributed by atoms with E-state index in [4.69, 9.17) is 4.74 Å². The molecule has 1 aromatic rings. The van der Waals surface area contributed by atoms with Crippen molar-refractivity contribution in [3.05, 3.63) is 34.7 Å². The topological polar surface area (TPSA) is 79.2 Å². The third-order valence-corrected chi connectivity index (χ3v) is 5.16. The number of benzene rings is 1. The van der Waals surface area contributed by atoms with Gasteiger partial charge in [-0.1, -0.05) is 12.1 Å². The van der Waals surface area contributed by atoms with Crippen molar-refractivity contribution in [2.45, 2.75) is 19.8 Å². The average Bonchev–Trinajstić information content (AvgIpc) is 2.98. The number of thioether (sulfide) groups is 1. The van der Waals surface area contributed by atoms with Gasteiger partial charge in [0.1, 0.15) is 5.75 Å². The molecule has 0 unspecified atom stereocenters. The number of amidine groups is 1. The molecule has 1 fully saturated rings. The van der Waals surface area contributed by atoms with Gasteiger partial charge in [0.2, 0.25) is 0 Å². The molecule has 7 heteroatoms. The average molecular weight is 360 g/mol. The van der Waals surface area contributed by atoms with Crippen molar-refractivity contribution in [1.29, 1.82) is 0 Å². The molecule has 6 nitrogen and oxygen atoms in total. The Balaban J connectivity index is 1.68. The van der Waals surface area contributed by atoms with Gasteiger partial charge in [-0.15, -0.1) is 0 Å². The van der Waals surface area contributed by atoms with Gasteiger partial charge in [0, 0.05) is 13.1 Å². The van der Waals surface area contributed by atoms with Gasteiger partial charge in [0.05, 0.1) is 17.4 Å². The molecule has 1 atom stereocenters. The number of hydrogen-bond acceptors (Lipinski definition) is 6. The Morgan fingerprint density at radius 2 is 2.20 bits per heavy atom. The normalized spacial score (nSPS) is 22.2. The van der Waals surface area contributed by atoms with E-state index in [0.29, 0.717) is 23.2 Å². The zero-order chi connectivity index (χ0) is 17.8. The van der Waals surface area contributed by atoms with Gasteiger partial charge in [-0.05, 0) is 55.3 Å². The lowest BCUT2D eigenvalue weighted by Crippen LogP contribution is -2.41. The fourth-order valence-electron chi connectivity index (χ4n) is 2.86. The van der Waals surface area contributed by atoms with E-state index in [1.165, 1.54) is 11.8 Å². The molecule has 0 aliphatic carbocycles. The van der Waals surface area contributed by atoms with Crippen molar-refractivity contribution in [1.82, 2.24) is 4.90 Å². The first kappa shape index (κ1) is 17.5. The van der Waals surface area contributed by atoms with E-state index in [0.717, 1.165) is 24.9 Å². The first-order valence-electron chi connectivity index (χ1n) is 8.30. The van der Waals surface area contributed by atoms with Gasteiger partial charge in [-0.2, -0.15) is 4.99 Å². The van der Waals surface area contributed by atoms with E-state index in [9.17, 15) is 14.7 Å². The molecule has 2 aliphatic heterocycles. The number of aliphatic imine (C=N–C) groups is 1. The van der Waals surface area contributed by atoms with Crippen LogP contribution in [-0.2, 0) is 14.3 Å². The molecule has 2 heterocycles. The van der Waals surface area contributed by atoms with Gasteiger partial charge >= 0.3 is 5.97 Å². The van der Waals surface area contributed by atoms with Crippen LogP contribution in [0, 0.1) is 5.92 Å². The molecule has 1 amide bonds. The van der Waals surface area contributed by atoms with Crippen LogP contribution in [0.15, 0.2) is 34.2 Å². The van der Waals surface area contributed by atoms with Crippen LogP contribution >= 0.6 is 11.8 Å². The number of piperidine rings is 1. The summed E-state index contributed by atoms with van der Waals surface area (Å²) in [7, 11) is 0. The first-order valence-corrected chi connectivity index (χ1v) is 9.11. The molecule has 1 aromatic carbocycles. The molecule has 3 rings (SSSR count). The summed E-state index contributed by atoms with van der Waals surface area (Å²) < 4.78 is 5.11. The summed E-state index contributed by atoms with van der Waals surface area (Å²) in [6, 6.07) is 6.64. The SMILES string of the molecule is CCOC(=O)[C@@H]1CCCN(C2=NC(=O)/C(=C\c3ccc(O)cc3)S2)C1. The Kier molecular flexibility index (Phi) is 5.43. The second kappa shape index (κ2) is 7.74. The molecule has 0 saturated carbocycles. The number of carbonyl (C=O) groups is 2. The zero-order valence-electron chi connectivity index (χ0n) is 14.0. The predicted octanol–water partition coefficient (Wildman–Crippen LogP) is 2.64. The monoisotopic (exact) mass is 360 g/mol. The van der Waals surface area contributed by atoms with Crippen molar-refractivity contribution < 1.29 is 19.4 Å². The smallest absolute Gasteiger partial charge is 0.310 e. The maximum Gasteiger partial charge on any atom is 0.310 e. The molecule has 0 radical (unpaired) electrons. The zero-order valence-corrected chi connectivity index (χ0v) is 14.8. The summed E-state index contributed by atoms with van der Waals surface area (Å²) in [5.41, 5.74) is 0.827. The van der Waals surface area contributed by atoms with E-state index in [1.807, 2.05) is 4.90 Å². The highest BCUT2D eigenvalue weighted by Gasteiger charge is 2.32. The van der Waals surface area contributed by atoms with Crippen LogP contribution in [0.3, 0.4) is 0 Å². The Bertz CT molecular complexity index is 727. The maximum atomic E-state index is 12.2. The predicted molar refractivity (Wildman–Crippen MR) is 97.0 cm³/mol. The lowest BCUT2D eigenvalue weighted by Gasteiger charge is -2.32. The number of nitrogens with zero attached hydrogens (tertiary/aromatic N) is 2. The number of ether oxygens (including phenoxy) is 1. The van der Waals surface area contributed by atoms with Crippen LogP contribution in [0.2, 0.25) is 0 Å². The van der Waals surface area contributed by atoms with E-state index >= 15 is 0 Å². The molecule has 0 bridgehead atoms. The van der Waals surface area contributed by atoms with Crippen molar-refractivity contribution in [3.63, 3.8) is 0 Å². The van der Waals surface area contributed by atoms with Crippen molar-refractivity contribution in [3.8, 4) is 5.75 Å². The van der Waals surface area contributed by atoms with Crippen molar-refractivity contribution >= 4 is 34.9 Å². The Hall–Kier alpha value is -2.28. The fraction of sp³-hybridized carbons (Fsp3) is 0.389. The number of aromatic hydroxyl groups is 1. The lowest BCUT2D eigenvalue weighted by molar-refractivity contribution is -0.149. The number of amides is 1. The second-order valence-electron chi connectivity index (χ2n) is 5.94. The number of likely N-dealkylation sites (tertiary alicyclic amines) is 1. The molecule has 25 heavy (non-hydrogen) atoms. The van der Waals surface area contributed by atoms with Crippen LogP contribution in [0.1, 0.15) is 25.3 Å². The number of carbonyl (C=O) groups excluding carboxylic acids is 2. The van der Waals surface area contributed by atoms with Crippen LogP contribution < -0.4 is 0 Å². The van der Waals surface area contributed by atoms with E-state index in [2.05, 4.69) is 4.99 Å². The van der Waals surface area contributed by atoms with Gasteiger partial charge < -0.3 is 14.7 Å². The van der Waals surface area contributed by atoms with E-state index in [1.54, 1.807) is 37.3 Å². The highest BCUT2D eigenvalue weighted by molar-refractivity contribution is 8.18. The first-order chi connectivity index (χ1) is 12.1. The summed E-state index contributed by atoms with van der Waals surface area (Å²) in [6.07, 6.45) is 3.43. The number of hydrogen-bond donors (Lipinski definition) is 1. The molecule has 0 aromatic heterocycles. The molecule has 1 N–H and O–H groups in total. The minimum Gasteiger partial charge on any atom is -0.508 e. The Morgan fingerprint density at radius 1 is 1.44 bits per heavy atom. The summed E-state index contributed by atoms with van der Waals surface area (Å²) in [5.74, 6) is -0.437. The van der Waals surface area contributed by atoms with Crippen LogP contribution in [0.5, 0.6) is 5.75 Å². The van der Waals surface area contributed by atoms with Crippen LogP contribution in [-0.4, -0.2) is 46.7 Å². The van der Waals surface area contributed by atoms with Gasteiger partial charge in [0.25, 0.3) is 5.91 Å². The number of esters is 1. The third-order valence-electron chi connectivity index (χ3n) is 4.11. The largest absolute Gasteiger partial charge is 0.508 e. The molecule has 0 spiro atoms. The second-order valence-corrected chi connectivity index (χ2v) is 6.95. The minimum atomic E-state index is -0.272. The van der Waals surface area contributed by atoms with Crippen LogP contribution in [0.25, 0.3) is 6.08 Å². The summed E-state index contributed by atoms with van der Waals surface area (Å²) in [5, 5.41) is 9.97.